The highest BCUT2D eigenvalue weighted by atomic mass is 16.1. The van der Waals surface area contributed by atoms with Gasteiger partial charge >= 0.3 is 0 Å². The van der Waals surface area contributed by atoms with E-state index in [2.05, 4.69) is 16.6 Å². The van der Waals surface area contributed by atoms with Gasteiger partial charge in [0.2, 0.25) is 5.91 Å². The molecule has 0 saturated heterocycles. The highest BCUT2D eigenvalue weighted by Crippen LogP contribution is 1.96. The fourth-order valence-corrected chi connectivity index (χ4v) is 1.13. The van der Waals surface area contributed by atoms with E-state index in [1.165, 1.54) is 0 Å². The Kier molecular flexibility index (Phi) is 4.99. The minimum absolute atomic E-state index is 0.0797. The van der Waals surface area contributed by atoms with Gasteiger partial charge in [-0.05, 0) is 5.56 Å². The molecule has 0 bridgehead atoms. The SMILES string of the molecule is C#CCNC(=O)CNCc1ccccc1. The molecular formula is C12H14N2O. The maximum Gasteiger partial charge on any atom is 0.234 e. The molecule has 0 fully saturated rings. The molecule has 2 N–H and O–H groups in total. The lowest BCUT2D eigenvalue weighted by Gasteiger charge is -2.04. The average Bonchev–Trinajstić information content (AvgIpc) is 2.28. The summed E-state index contributed by atoms with van der Waals surface area (Å²) >= 11 is 0. The number of rotatable bonds is 5. The molecule has 0 saturated carbocycles. The minimum atomic E-state index is -0.0797. The van der Waals surface area contributed by atoms with Gasteiger partial charge in [0.05, 0.1) is 13.1 Å². The van der Waals surface area contributed by atoms with Gasteiger partial charge in [0, 0.05) is 6.54 Å². The predicted octanol–water partition coefficient (Wildman–Crippen LogP) is 0.526. The number of terminal acetylenes is 1. The zero-order valence-corrected chi connectivity index (χ0v) is 8.49. The summed E-state index contributed by atoms with van der Waals surface area (Å²) < 4.78 is 0. The summed E-state index contributed by atoms with van der Waals surface area (Å²) in [7, 11) is 0. The van der Waals surface area contributed by atoms with Crippen molar-refractivity contribution in [2.45, 2.75) is 6.54 Å². The first-order chi connectivity index (χ1) is 7.33. The third-order valence-electron chi connectivity index (χ3n) is 1.85. The van der Waals surface area contributed by atoms with Crippen LogP contribution < -0.4 is 10.6 Å². The first kappa shape index (κ1) is 11.3. The van der Waals surface area contributed by atoms with E-state index < -0.39 is 0 Å². The molecule has 3 nitrogen and oxygen atoms in total. The third kappa shape index (κ3) is 4.84. The Morgan fingerprint density at radius 2 is 2.07 bits per heavy atom. The van der Waals surface area contributed by atoms with Gasteiger partial charge in [0.15, 0.2) is 0 Å². The number of nitrogens with one attached hydrogen (secondary N) is 2. The summed E-state index contributed by atoms with van der Waals surface area (Å²) in [5, 5.41) is 5.61. The lowest BCUT2D eigenvalue weighted by Crippen LogP contribution is -2.33. The molecule has 1 rings (SSSR count). The molecule has 0 atom stereocenters. The number of hydrogen-bond acceptors (Lipinski definition) is 2. The molecule has 15 heavy (non-hydrogen) atoms. The number of carbonyl (C=O) groups excluding carboxylic acids is 1. The van der Waals surface area contributed by atoms with Crippen molar-refractivity contribution in [2.75, 3.05) is 13.1 Å². The molecule has 3 heteroatoms. The van der Waals surface area contributed by atoms with Crippen molar-refractivity contribution in [3.05, 3.63) is 35.9 Å². The maximum absolute atomic E-state index is 11.1. The average molecular weight is 202 g/mol. The molecule has 1 aromatic carbocycles. The molecule has 0 spiro atoms. The van der Waals surface area contributed by atoms with Crippen molar-refractivity contribution < 1.29 is 4.79 Å². The van der Waals surface area contributed by atoms with Gasteiger partial charge in [0.25, 0.3) is 0 Å². The van der Waals surface area contributed by atoms with Gasteiger partial charge in [-0.25, -0.2) is 0 Å². The van der Waals surface area contributed by atoms with Crippen LogP contribution in [0.3, 0.4) is 0 Å². The quantitative estimate of drug-likeness (QED) is 0.684. The largest absolute Gasteiger partial charge is 0.344 e. The van der Waals surface area contributed by atoms with Crippen LogP contribution in [0, 0.1) is 12.3 Å². The monoisotopic (exact) mass is 202 g/mol. The Morgan fingerprint density at radius 3 is 2.73 bits per heavy atom. The maximum atomic E-state index is 11.1. The van der Waals surface area contributed by atoms with E-state index in [4.69, 9.17) is 6.42 Å². The molecule has 0 aliphatic carbocycles. The van der Waals surface area contributed by atoms with Gasteiger partial charge in [-0.2, -0.15) is 0 Å². The highest BCUT2D eigenvalue weighted by Gasteiger charge is 1.98. The van der Waals surface area contributed by atoms with E-state index in [1.807, 2.05) is 30.3 Å². The van der Waals surface area contributed by atoms with E-state index in [0.29, 0.717) is 6.54 Å². The Labute approximate surface area is 89.9 Å². The van der Waals surface area contributed by atoms with Crippen molar-refractivity contribution in [1.29, 1.82) is 0 Å². The van der Waals surface area contributed by atoms with Crippen molar-refractivity contribution in [3.63, 3.8) is 0 Å². The molecule has 0 aromatic heterocycles. The summed E-state index contributed by atoms with van der Waals surface area (Å²) in [6.07, 6.45) is 5.01. The molecule has 0 unspecified atom stereocenters. The van der Waals surface area contributed by atoms with Gasteiger partial charge in [0.1, 0.15) is 0 Å². The standard InChI is InChI=1S/C12H14N2O/c1-2-8-14-12(15)10-13-9-11-6-4-3-5-7-11/h1,3-7,13H,8-10H2,(H,14,15). The van der Waals surface area contributed by atoms with E-state index in [1.54, 1.807) is 0 Å². The third-order valence-corrected chi connectivity index (χ3v) is 1.85. The van der Waals surface area contributed by atoms with Crippen LogP contribution in [-0.4, -0.2) is 19.0 Å². The van der Waals surface area contributed by atoms with Crippen molar-refractivity contribution in [3.8, 4) is 12.3 Å². The number of amides is 1. The zero-order chi connectivity index (χ0) is 10.9. The summed E-state index contributed by atoms with van der Waals surface area (Å²) in [5.41, 5.74) is 1.15. The Balaban J connectivity index is 2.17. The molecular weight excluding hydrogens is 188 g/mol. The van der Waals surface area contributed by atoms with E-state index >= 15 is 0 Å². The van der Waals surface area contributed by atoms with Crippen LogP contribution in [0.5, 0.6) is 0 Å². The van der Waals surface area contributed by atoms with Crippen LogP contribution >= 0.6 is 0 Å². The Hall–Kier alpha value is -1.79. The second kappa shape index (κ2) is 6.63. The van der Waals surface area contributed by atoms with Crippen LogP contribution in [0.1, 0.15) is 5.56 Å². The van der Waals surface area contributed by atoms with Crippen LogP contribution in [0.4, 0.5) is 0 Å². The van der Waals surface area contributed by atoms with Gasteiger partial charge < -0.3 is 10.6 Å². The van der Waals surface area contributed by atoms with Crippen LogP contribution in [0.15, 0.2) is 30.3 Å². The fraction of sp³-hybridized carbons (Fsp3) is 0.250. The number of carbonyl (C=O) groups is 1. The lowest BCUT2D eigenvalue weighted by molar-refractivity contribution is -0.120. The lowest BCUT2D eigenvalue weighted by atomic mass is 10.2. The van der Waals surface area contributed by atoms with Crippen LogP contribution in [-0.2, 0) is 11.3 Å². The minimum Gasteiger partial charge on any atom is -0.344 e. The van der Waals surface area contributed by atoms with E-state index in [0.717, 1.165) is 5.56 Å². The first-order valence-electron chi connectivity index (χ1n) is 4.77. The van der Waals surface area contributed by atoms with E-state index in [-0.39, 0.29) is 19.0 Å². The Morgan fingerprint density at radius 1 is 1.33 bits per heavy atom. The molecule has 0 aliphatic heterocycles. The first-order valence-corrected chi connectivity index (χ1v) is 4.77. The topological polar surface area (TPSA) is 41.1 Å². The molecule has 0 aliphatic rings. The molecule has 1 amide bonds. The fourth-order valence-electron chi connectivity index (χ4n) is 1.13. The van der Waals surface area contributed by atoms with Crippen molar-refractivity contribution >= 4 is 5.91 Å². The zero-order valence-electron chi connectivity index (χ0n) is 8.49. The van der Waals surface area contributed by atoms with Crippen LogP contribution in [0.2, 0.25) is 0 Å². The summed E-state index contributed by atoms with van der Waals surface area (Å²) in [6.45, 7) is 1.26. The molecule has 1 aromatic rings. The van der Waals surface area contributed by atoms with E-state index in [9.17, 15) is 4.79 Å². The van der Waals surface area contributed by atoms with Crippen molar-refractivity contribution in [2.24, 2.45) is 0 Å². The van der Waals surface area contributed by atoms with Gasteiger partial charge in [-0.1, -0.05) is 36.3 Å². The predicted molar refractivity (Wildman–Crippen MR) is 60.0 cm³/mol. The highest BCUT2D eigenvalue weighted by molar-refractivity contribution is 5.78. The number of hydrogen-bond donors (Lipinski definition) is 2. The molecule has 0 heterocycles. The molecule has 0 radical (unpaired) electrons. The van der Waals surface area contributed by atoms with Crippen LogP contribution in [0.25, 0.3) is 0 Å². The number of benzene rings is 1. The summed E-state index contributed by atoms with van der Waals surface area (Å²) in [6, 6.07) is 9.91. The second-order valence-electron chi connectivity index (χ2n) is 3.07. The smallest absolute Gasteiger partial charge is 0.234 e. The summed E-state index contributed by atoms with van der Waals surface area (Å²) in [4.78, 5) is 11.1. The van der Waals surface area contributed by atoms with Gasteiger partial charge in [-0.3, -0.25) is 4.79 Å². The normalized spacial score (nSPS) is 9.27. The second-order valence-corrected chi connectivity index (χ2v) is 3.07. The van der Waals surface area contributed by atoms with Gasteiger partial charge in [-0.15, -0.1) is 6.42 Å². The Bertz CT molecular complexity index is 340. The van der Waals surface area contributed by atoms with Crippen molar-refractivity contribution in [1.82, 2.24) is 10.6 Å². The summed E-state index contributed by atoms with van der Waals surface area (Å²) in [5.74, 6) is 2.27. The molecule has 78 valence electrons.